The largest absolute Gasteiger partial charge is 0.395 e. The molecular weight excluding hydrogens is 276 g/mol. The van der Waals surface area contributed by atoms with Crippen molar-refractivity contribution in [2.45, 2.75) is 65.2 Å². The standard InChI is InChI=1S/C18H40N2O2/c1-3-5-11-19(15-17-21)13-9-7-8-10-14-20(16-18-22)12-6-4-2/h21-22H,3-18H2,1-2H3. The monoisotopic (exact) mass is 316 g/mol. The molecule has 0 aliphatic heterocycles. The molecule has 0 saturated heterocycles. The third-order valence-electron chi connectivity index (χ3n) is 4.19. The van der Waals surface area contributed by atoms with Crippen LogP contribution in [0.3, 0.4) is 0 Å². The Kier molecular flexibility index (Phi) is 17.1. The van der Waals surface area contributed by atoms with Crippen molar-refractivity contribution in [2.24, 2.45) is 0 Å². The predicted octanol–water partition coefficient (Wildman–Crippen LogP) is 2.74. The minimum atomic E-state index is 0.275. The molecule has 0 atom stereocenters. The smallest absolute Gasteiger partial charge is 0.0558 e. The van der Waals surface area contributed by atoms with Crippen molar-refractivity contribution in [3.8, 4) is 0 Å². The van der Waals surface area contributed by atoms with Gasteiger partial charge in [-0.1, -0.05) is 39.5 Å². The summed E-state index contributed by atoms with van der Waals surface area (Å²) >= 11 is 0. The van der Waals surface area contributed by atoms with Crippen LogP contribution in [0.1, 0.15) is 65.2 Å². The van der Waals surface area contributed by atoms with Crippen molar-refractivity contribution >= 4 is 0 Å². The molecule has 0 saturated carbocycles. The highest BCUT2D eigenvalue weighted by Crippen LogP contribution is 2.05. The summed E-state index contributed by atoms with van der Waals surface area (Å²) in [6.07, 6.45) is 9.92. The van der Waals surface area contributed by atoms with Gasteiger partial charge < -0.3 is 20.0 Å². The van der Waals surface area contributed by atoms with E-state index in [1.54, 1.807) is 0 Å². The third-order valence-corrected chi connectivity index (χ3v) is 4.19. The Bertz CT molecular complexity index is 193. The molecule has 0 rings (SSSR count). The van der Waals surface area contributed by atoms with Gasteiger partial charge in [-0.15, -0.1) is 0 Å². The Morgan fingerprint density at radius 2 is 0.864 bits per heavy atom. The van der Waals surface area contributed by atoms with Gasteiger partial charge in [-0.2, -0.15) is 0 Å². The van der Waals surface area contributed by atoms with E-state index in [9.17, 15) is 0 Å². The maximum atomic E-state index is 9.09. The van der Waals surface area contributed by atoms with Gasteiger partial charge in [-0.25, -0.2) is 0 Å². The molecule has 0 aliphatic carbocycles. The minimum absolute atomic E-state index is 0.275. The van der Waals surface area contributed by atoms with E-state index in [-0.39, 0.29) is 13.2 Å². The zero-order chi connectivity index (χ0) is 16.5. The van der Waals surface area contributed by atoms with Crippen LogP contribution < -0.4 is 0 Å². The molecule has 2 N–H and O–H groups in total. The summed E-state index contributed by atoms with van der Waals surface area (Å²) in [4.78, 5) is 4.78. The Labute approximate surface area is 138 Å². The van der Waals surface area contributed by atoms with Gasteiger partial charge in [0.2, 0.25) is 0 Å². The van der Waals surface area contributed by atoms with E-state index in [1.807, 2.05) is 0 Å². The van der Waals surface area contributed by atoms with E-state index >= 15 is 0 Å². The van der Waals surface area contributed by atoms with Crippen LogP contribution in [0.5, 0.6) is 0 Å². The molecule has 0 aliphatic rings. The first-order chi connectivity index (χ1) is 10.8. The number of rotatable bonds is 17. The first kappa shape index (κ1) is 21.8. The third kappa shape index (κ3) is 13.5. The quantitative estimate of drug-likeness (QED) is 0.405. The van der Waals surface area contributed by atoms with E-state index < -0.39 is 0 Å². The molecule has 0 amide bonds. The molecule has 4 heteroatoms. The summed E-state index contributed by atoms with van der Waals surface area (Å²) in [5, 5.41) is 18.2. The lowest BCUT2D eigenvalue weighted by atomic mass is 10.1. The number of aliphatic hydroxyl groups excluding tert-OH is 2. The Morgan fingerprint density at radius 3 is 1.18 bits per heavy atom. The fourth-order valence-corrected chi connectivity index (χ4v) is 2.74. The molecule has 22 heavy (non-hydrogen) atoms. The van der Waals surface area contributed by atoms with Crippen molar-refractivity contribution in [1.29, 1.82) is 0 Å². The predicted molar refractivity (Wildman–Crippen MR) is 95.3 cm³/mol. The highest BCUT2D eigenvalue weighted by Gasteiger charge is 2.05. The molecule has 0 aromatic rings. The number of unbranched alkanes of at least 4 members (excludes halogenated alkanes) is 5. The summed E-state index contributed by atoms with van der Waals surface area (Å²) in [5.74, 6) is 0. The van der Waals surface area contributed by atoms with Crippen LogP contribution in [0.2, 0.25) is 0 Å². The fourth-order valence-electron chi connectivity index (χ4n) is 2.74. The molecule has 4 nitrogen and oxygen atoms in total. The lowest BCUT2D eigenvalue weighted by molar-refractivity contribution is 0.186. The van der Waals surface area contributed by atoms with Crippen LogP contribution >= 0.6 is 0 Å². The Hall–Kier alpha value is -0.160. The van der Waals surface area contributed by atoms with Crippen LogP contribution in [-0.2, 0) is 0 Å². The van der Waals surface area contributed by atoms with Crippen LogP contribution in [-0.4, -0.2) is 72.5 Å². The van der Waals surface area contributed by atoms with Gasteiger partial charge in [0, 0.05) is 13.1 Å². The number of hydrogen-bond acceptors (Lipinski definition) is 4. The van der Waals surface area contributed by atoms with Gasteiger partial charge in [0.15, 0.2) is 0 Å². The molecule has 0 radical (unpaired) electrons. The molecular formula is C18H40N2O2. The molecule has 0 unspecified atom stereocenters. The van der Waals surface area contributed by atoms with Crippen molar-refractivity contribution in [3.63, 3.8) is 0 Å². The molecule has 0 bridgehead atoms. The van der Waals surface area contributed by atoms with E-state index in [2.05, 4.69) is 23.6 Å². The van der Waals surface area contributed by atoms with E-state index in [0.717, 1.165) is 39.3 Å². The van der Waals surface area contributed by atoms with Gasteiger partial charge in [-0.3, -0.25) is 0 Å². The van der Waals surface area contributed by atoms with E-state index in [0.29, 0.717) is 0 Å². The Balaban J connectivity index is 3.63. The van der Waals surface area contributed by atoms with Gasteiger partial charge in [-0.05, 0) is 51.9 Å². The zero-order valence-electron chi connectivity index (χ0n) is 15.1. The van der Waals surface area contributed by atoms with Gasteiger partial charge in [0.25, 0.3) is 0 Å². The number of aliphatic hydroxyl groups is 2. The molecule has 0 fully saturated rings. The zero-order valence-corrected chi connectivity index (χ0v) is 15.1. The highest BCUT2D eigenvalue weighted by molar-refractivity contribution is 4.60. The maximum Gasteiger partial charge on any atom is 0.0558 e. The molecule has 0 spiro atoms. The van der Waals surface area contributed by atoms with E-state index in [4.69, 9.17) is 10.2 Å². The molecule has 134 valence electrons. The summed E-state index contributed by atoms with van der Waals surface area (Å²) in [6, 6.07) is 0. The topological polar surface area (TPSA) is 46.9 Å². The van der Waals surface area contributed by atoms with Crippen molar-refractivity contribution in [3.05, 3.63) is 0 Å². The molecule has 0 heterocycles. The van der Waals surface area contributed by atoms with Crippen LogP contribution in [0, 0.1) is 0 Å². The highest BCUT2D eigenvalue weighted by atomic mass is 16.3. The fraction of sp³-hybridized carbons (Fsp3) is 1.00. The second kappa shape index (κ2) is 17.2. The Morgan fingerprint density at radius 1 is 0.500 bits per heavy atom. The SMILES string of the molecule is CCCCN(CCO)CCCCCCN(CCO)CCCC. The maximum absolute atomic E-state index is 9.09. The first-order valence-corrected chi connectivity index (χ1v) is 9.44. The van der Waals surface area contributed by atoms with Crippen molar-refractivity contribution in [2.75, 3.05) is 52.5 Å². The van der Waals surface area contributed by atoms with Crippen LogP contribution in [0.25, 0.3) is 0 Å². The van der Waals surface area contributed by atoms with Gasteiger partial charge in [0.1, 0.15) is 0 Å². The average Bonchev–Trinajstić information content (AvgIpc) is 2.53. The first-order valence-electron chi connectivity index (χ1n) is 9.44. The lowest BCUT2D eigenvalue weighted by Gasteiger charge is -2.22. The van der Waals surface area contributed by atoms with Crippen LogP contribution in [0.15, 0.2) is 0 Å². The van der Waals surface area contributed by atoms with E-state index in [1.165, 1.54) is 51.4 Å². The number of hydrogen-bond donors (Lipinski definition) is 2. The van der Waals surface area contributed by atoms with Crippen LogP contribution in [0.4, 0.5) is 0 Å². The summed E-state index contributed by atoms with van der Waals surface area (Å²) in [6.45, 7) is 11.1. The average molecular weight is 317 g/mol. The summed E-state index contributed by atoms with van der Waals surface area (Å²) in [5.41, 5.74) is 0. The summed E-state index contributed by atoms with van der Waals surface area (Å²) in [7, 11) is 0. The molecule has 0 aromatic carbocycles. The van der Waals surface area contributed by atoms with Gasteiger partial charge >= 0.3 is 0 Å². The van der Waals surface area contributed by atoms with Crippen molar-refractivity contribution < 1.29 is 10.2 Å². The molecule has 0 aromatic heterocycles. The minimum Gasteiger partial charge on any atom is -0.395 e. The summed E-state index contributed by atoms with van der Waals surface area (Å²) < 4.78 is 0. The van der Waals surface area contributed by atoms with Gasteiger partial charge in [0.05, 0.1) is 13.2 Å². The number of nitrogens with zero attached hydrogens (tertiary/aromatic N) is 2. The lowest BCUT2D eigenvalue weighted by Crippen LogP contribution is -2.29. The second-order valence-electron chi connectivity index (χ2n) is 6.25. The second-order valence-corrected chi connectivity index (χ2v) is 6.25. The van der Waals surface area contributed by atoms with Crippen molar-refractivity contribution in [1.82, 2.24) is 9.80 Å². The normalized spacial score (nSPS) is 11.7.